The van der Waals surface area contributed by atoms with Crippen molar-refractivity contribution in [2.24, 2.45) is 10.9 Å². The maximum atomic E-state index is 11.9. The minimum atomic E-state index is -3.35. The summed E-state index contributed by atoms with van der Waals surface area (Å²) in [6.45, 7) is 1.78. The van der Waals surface area contributed by atoms with Crippen LogP contribution in [0.5, 0.6) is 0 Å². The van der Waals surface area contributed by atoms with Crippen LogP contribution in [-0.2, 0) is 10.0 Å². The molecular weight excluding hydrogens is 230 g/mol. The summed E-state index contributed by atoms with van der Waals surface area (Å²) in [6, 6.07) is -0.615. The van der Waals surface area contributed by atoms with Crippen LogP contribution in [0.3, 0.4) is 0 Å². The number of nitrogens with one attached hydrogen (secondary N) is 1. The lowest BCUT2D eigenvalue weighted by Crippen LogP contribution is -2.46. The molecule has 7 heteroatoms. The van der Waals surface area contributed by atoms with E-state index in [4.69, 9.17) is 10.9 Å². The molecule has 1 aliphatic carbocycles. The summed E-state index contributed by atoms with van der Waals surface area (Å²) in [5.74, 6) is -0.0935. The Morgan fingerprint density at radius 2 is 2.12 bits per heavy atom. The molecule has 0 aromatic heterocycles. The van der Waals surface area contributed by atoms with Crippen molar-refractivity contribution in [2.45, 2.75) is 50.3 Å². The summed E-state index contributed by atoms with van der Waals surface area (Å²) < 4.78 is 26.3. The van der Waals surface area contributed by atoms with Crippen LogP contribution in [0.1, 0.15) is 39.0 Å². The van der Waals surface area contributed by atoms with Crippen LogP contribution in [-0.4, -0.2) is 30.8 Å². The molecule has 0 aromatic rings. The van der Waals surface area contributed by atoms with E-state index in [1.807, 2.05) is 0 Å². The van der Waals surface area contributed by atoms with Crippen molar-refractivity contribution in [1.29, 1.82) is 0 Å². The highest BCUT2D eigenvalue weighted by molar-refractivity contribution is 7.90. The maximum Gasteiger partial charge on any atom is 0.215 e. The first-order valence-electron chi connectivity index (χ1n) is 5.49. The van der Waals surface area contributed by atoms with E-state index >= 15 is 0 Å². The van der Waals surface area contributed by atoms with E-state index < -0.39 is 16.1 Å². The number of oxime groups is 1. The monoisotopic (exact) mass is 249 g/mol. The lowest BCUT2D eigenvalue weighted by molar-refractivity contribution is 0.315. The first kappa shape index (κ1) is 13.2. The van der Waals surface area contributed by atoms with E-state index in [0.29, 0.717) is 19.3 Å². The lowest BCUT2D eigenvalue weighted by Gasteiger charge is -2.18. The van der Waals surface area contributed by atoms with Crippen molar-refractivity contribution in [3.05, 3.63) is 0 Å². The number of hydrogen-bond donors (Lipinski definition) is 3. The molecule has 0 radical (unpaired) electrons. The quantitative estimate of drug-likeness (QED) is 0.283. The average molecular weight is 249 g/mol. The van der Waals surface area contributed by atoms with Gasteiger partial charge >= 0.3 is 0 Å². The van der Waals surface area contributed by atoms with Crippen molar-refractivity contribution in [1.82, 2.24) is 4.72 Å². The van der Waals surface area contributed by atoms with Gasteiger partial charge in [-0.15, -0.1) is 0 Å². The third-order valence-electron chi connectivity index (χ3n) is 2.93. The van der Waals surface area contributed by atoms with Crippen molar-refractivity contribution in [2.75, 3.05) is 0 Å². The first-order chi connectivity index (χ1) is 7.51. The Morgan fingerprint density at radius 3 is 2.56 bits per heavy atom. The second kappa shape index (κ2) is 5.49. The van der Waals surface area contributed by atoms with Crippen LogP contribution in [0.4, 0.5) is 0 Å². The Balaban J connectivity index is 2.70. The highest BCUT2D eigenvalue weighted by atomic mass is 32.2. The van der Waals surface area contributed by atoms with E-state index in [1.165, 1.54) is 0 Å². The zero-order chi connectivity index (χ0) is 12.2. The maximum absolute atomic E-state index is 11.9. The fourth-order valence-electron chi connectivity index (χ4n) is 1.92. The molecule has 1 saturated carbocycles. The van der Waals surface area contributed by atoms with E-state index in [-0.39, 0.29) is 11.1 Å². The minimum Gasteiger partial charge on any atom is -0.409 e. The smallest absolute Gasteiger partial charge is 0.215 e. The van der Waals surface area contributed by atoms with Gasteiger partial charge in [-0.05, 0) is 19.3 Å². The van der Waals surface area contributed by atoms with Gasteiger partial charge in [-0.2, -0.15) is 0 Å². The zero-order valence-electron chi connectivity index (χ0n) is 9.39. The topological polar surface area (TPSA) is 105 Å². The van der Waals surface area contributed by atoms with Crippen LogP contribution < -0.4 is 10.5 Å². The van der Waals surface area contributed by atoms with E-state index in [0.717, 1.165) is 12.8 Å². The van der Waals surface area contributed by atoms with Crippen molar-refractivity contribution in [3.8, 4) is 0 Å². The zero-order valence-corrected chi connectivity index (χ0v) is 10.2. The minimum absolute atomic E-state index is 0.0935. The molecule has 4 N–H and O–H groups in total. The standard InChI is InChI=1S/C9H19N3O3S/c1-2-8(9(10)11-13)12-16(14,15)7-5-3-4-6-7/h7-8,12-13H,2-6H2,1H3,(H2,10,11). The van der Waals surface area contributed by atoms with Crippen molar-refractivity contribution in [3.63, 3.8) is 0 Å². The fraction of sp³-hybridized carbons (Fsp3) is 0.889. The third kappa shape index (κ3) is 3.08. The summed E-state index contributed by atoms with van der Waals surface area (Å²) in [6.07, 6.45) is 3.75. The van der Waals surface area contributed by atoms with Crippen molar-refractivity contribution >= 4 is 15.9 Å². The molecule has 0 aromatic carbocycles. The van der Waals surface area contributed by atoms with Crippen LogP contribution in [0.15, 0.2) is 5.16 Å². The van der Waals surface area contributed by atoms with Crippen LogP contribution >= 0.6 is 0 Å². The van der Waals surface area contributed by atoms with Gasteiger partial charge in [0, 0.05) is 0 Å². The third-order valence-corrected chi connectivity index (χ3v) is 4.89. The molecular formula is C9H19N3O3S. The summed E-state index contributed by atoms with van der Waals surface area (Å²) in [4.78, 5) is 0. The Labute approximate surface area is 95.9 Å². The van der Waals surface area contributed by atoms with Gasteiger partial charge in [0.15, 0.2) is 5.84 Å². The second-order valence-electron chi connectivity index (χ2n) is 4.06. The molecule has 0 saturated heterocycles. The number of amidine groups is 1. The molecule has 1 fully saturated rings. The average Bonchev–Trinajstić information content (AvgIpc) is 2.78. The van der Waals surface area contributed by atoms with Crippen molar-refractivity contribution < 1.29 is 13.6 Å². The number of rotatable bonds is 5. The molecule has 0 amide bonds. The predicted molar refractivity (Wildman–Crippen MR) is 61.8 cm³/mol. The molecule has 94 valence electrons. The molecule has 0 spiro atoms. The van der Waals surface area contributed by atoms with Gasteiger partial charge in [-0.25, -0.2) is 13.1 Å². The SMILES string of the molecule is CCC(NS(=O)(=O)C1CCCC1)C(N)=NO. The van der Waals surface area contributed by atoms with Gasteiger partial charge in [-0.1, -0.05) is 24.9 Å². The molecule has 16 heavy (non-hydrogen) atoms. The van der Waals surface area contributed by atoms with Gasteiger partial charge in [0.2, 0.25) is 10.0 Å². The predicted octanol–water partition coefficient (Wildman–Crippen LogP) is 0.373. The Kier molecular flexibility index (Phi) is 4.55. The molecule has 0 bridgehead atoms. The van der Waals surface area contributed by atoms with Gasteiger partial charge in [0.25, 0.3) is 0 Å². The molecule has 1 atom stereocenters. The largest absolute Gasteiger partial charge is 0.409 e. The fourth-order valence-corrected chi connectivity index (χ4v) is 3.75. The highest BCUT2D eigenvalue weighted by Gasteiger charge is 2.31. The van der Waals surface area contributed by atoms with E-state index in [2.05, 4.69) is 9.88 Å². The number of nitrogens with two attached hydrogens (primary N) is 1. The molecule has 0 heterocycles. The van der Waals surface area contributed by atoms with E-state index in [9.17, 15) is 8.42 Å². The molecule has 1 unspecified atom stereocenters. The number of sulfonamides is 1. The Hall–Kier alpha value is -0.820. The summed E-state index contributed by atoms with van der Waals surface area (Å²) in [5, 5.41) is 11.0. The van der Waals surface area contributed by atoms with E-state index in [1.54, 1.807) is 6.92 Å². The molecule has 1 aliphatic rings. The van der Waals surface area contributed by atoms with Gasteiger partial charge < -0.3 is 10.9 Å². The Morgan fingerprint density at radius 1 is 1.56 bits per heavy atom. The normalized spacial score (nSPS) is 21.2. The van der Waals surface area contributed by atoms with Crippen LogP contribution in [0, 0.1) is 0 Å². The number of nitrogens with zero attached hydrogens (tertiary/aromatic N) is 1. The van der Waals surface area contributed by atoms with Crippen LogP contribution in [0.2, 0.25) is 0 Å². The van der Waals surface area contributed by atoms with Gasteiger partial charge in [-0.3, -0.25) is 0 Å². The summed E-state index contributed by atoms with van der Waals surface area (Å²) >= 11 is 0. The van der Waals surface area contributed by atoms with Gasteiger partial charge in [0.1, 0.15) is 0 Å². The first-order valence-corrected chi connectivity index (χ1v) is 7.04. The summed E-state index contributed by atoms with van der Waals surface area (Å²) in [7, 11) is -3.35. The Bertz CT molecular complexity index is 347. The van der Waals surface area contributed by atoms with Crippen LogP contribution in [0.25, 0.3) is 0 Å². The molecule has 0 aliphatic heterocycles. The second-order valence-corrected chi connectivity index (χ2v) is 6.05. The highest BCUT2D eigenvalue weighted by Crippen LogP contribution is 2.24. The lowest BCUT2D eigenvalue weighted by atomic mass is 10.2. The summed E-state index contributed by atoms with van der Waals surface area (Å²) in [5.41, 5.74) is 5.41. The number of hydrogen-bond acceptors (Lipinski definition) is 4. The molecule has 6 nitrogen and oxygen atoms in total. The molecule has 1 rings (SSSR count). The van der Waals surface area contributed by atoms with Gasteiger partial charge in [0.05, 0.1) is 11.3 Å².